The quantitative estimate of drug-likeness (QED) is 0.682. The third kappa shape index (κ3) is 2.59. The minimum atomic E-state index is -0.543. The highest BCUT2D eigenvalue weighted by molar-refractivity contribution is 5.99. The lowest BCUT2D eigenvalue weighted by molar-refractivity contribution is -0.113. The van der Waals surface area contributed by atoms with Crippen LogP contribution in [0.3, 0.4) is 0 Å². The molecule has 0 aliphatic carbocycles. The second kappa shape index (κ2) is 6.74. The van der Waals surface area contributed by atoms with E-state index in [1.54, 1.807) is 43.8 Å². The fourth-order valence-electron chi connectivity index (χ4n) is 3.28. The molecule has 1 aliphatic heterocycles. The topological polar surface area (TPSA) is 93.5 Å². The minimum absolute atomic E-state index is 0.193. The summed E-state index contributed by atoms with van der Waals surface area (Å²) in [6.07, 6.45) is 4.48. The average molecular weight is 354 g/mol. The minimum Gasteiger partial charge on any atom is -0.463 e. The number of fused-ring (bicyclic) bond motifs is 1. The molecule has 3 aromatic rings. The van der Waals surface area contributed by atoms with Crippen molar-refractivity contribution in [1.82, 2.24) is 20.1 Å². The van der Waals surface area contributed by atoms with Crippen molar-refractivity contribution >= 4 is 5.91 Å². The van der Waals surface area contributed by atoms with Crippen LogP contribution in [0.25, 0.3) is 11.5 Å². The van der Waals surface area contributed by atoms with Crippen LogP contribution in [0.2, 0.25) is 0 Å². The van der Waals surface area contributed by atoms with E-state index in [9.17, 15) is 4.79 Å². The molecular weight excluding hydrogens is 336 g/mol. The van der Waals surface area contributed by atoms with Crippen LogP contribution in [0.5, 0.6) is 0 Å². The molecule has 1 atom stereocenters. The maximum absolute atomic E-state index is 13.0. The van der Waals surface area contributed by atoms with E-state index in [-0.39, 0.29) is 18.5 Å². The van der Waals surface area contributed by atoms with Gasteiger partial charge in [0.25, 0.3) is 5.91 Å². The number of ether oxygens (including phenoxy) is 2. The van der Waals surface area contributed by atoms with Crippen LogP contribution in [0.1, 0.15) is 27.7 Å². The van der Waals surface area contributed by atoms with Crippen molar-refractivity contribution in [3.8, 4) is 11.5 Å². The zero-order valence-corrected chi connectivity index (χ0v) is 14.4. The van der Waals surface area contributed by atoms with E-state index in [0.717, 1.165) is 11.1 Å². The van der Waals surface area contributed by atoms with Gasteiger partial charge < -0.3 is 18.8 Å². The second-order valence-electron chi connectivity index (χ2n) is 5.89. The number of amides is 1. The Labute approximate surface area is 149 Å². The highest BCUT2D eigenvalue weighted by atomic mass is 16.7. The van der Waals surface area contributed by atoms with Gasteiger partial charge in [0.1, 0.15) is 5.69 Å². The number of carbonyl (C=O) groups excluding carboxylic acids is 1. The number of H-pyrrole nitrogens is 1. The molecule has 26 heavy (non-hydrogen) atoms. The molecule has 4 rings (SSSR count). The fraction of sp³-hybridized carbons (Fsp3) is 0.278. The van der Waals surface area contributed by atoms with Crippen molar-refractivity contribution in [1.29, 1.82) is 0 Å². The monoisotopic (exact) mass is 354 g/mol. The van der Waals surface area contributed by atoms with Crippen molar-refractivity contribution in [3.05, 3.63) is 59.7 Å². The Morgan fingerprint density at radius 1 is 1.31 bits per heavy atom. The van der Waals surface area contributed by atoms with Gasteiger partial charge in [-0.3, -0.25) is 14.9 Å². The lowest BCUT2D eigenvalue weighted by Gasteiger charge is -2.28. The first-order valence-corrected chi connectivity index (χ1v) is 8.13. The van der Waals surface area contributed by atoms with Crippen molar-refractivity contribution in [2.45, 2.75) is 12.3 Å². The largest absolute Gasteiger partial charge is 0.463 e. The number of methoxy groups -OCH3 is 2. The van der Waals surface area contributed by atoms with Gasteiger partial charge in [0.2, 0.25) is 0 Å². The number of hydrogen-bond donors (Lipinski definition) is 1. The molecule has 8 nitrogen and oxygen atoms in total. The van der Waals surface area contributed by atoms with Crippen LogP contribution in [0, 0.1) is 0 Å². The van der Waals surface area contributed by atoms with Crippen LogP contribution in [0.15, 0.2) is 47.3 Å². The first-order chi connectivity index (χ1) is 12.7. The lowest BCUT2D eigenvalue weighted by atomic mass is 9.99. The Hall–Kier alpha value is -2.97. The summed E-state index contributed by atoms with van der Waals surface area (Å²) >= 11 is 0. The van der Waals surface area contributed by atoms with Crippen LogP contribution in [-0.4, -0.2) is 53.0 Å². The maximum Gasteiger partial charge on any atom is 0.275 e. The summed E-state index contributed by atoms with van der Waals surface area (Å²) in [5, 5.41) is 7.18. The number of nitrogens with one attached hydrogen (secondary N) is 1. The number of rotatable bonds is 6. The van der Waals surface area contributed by atoms with Crippen molar-refractivity contribution < 1.29 is 18.7 Å². The van der Waals surface area contributed by atoms with Gasteiger partial charge in [-0.2, -0.15) is 5.10 Å². The Morgan fingerprint density at radius 3 is 2.81 bits per heavy atom. The highest BCUT2D eigenvalue weighted by Crippen LogP contribution is 2.42. The van der Waals surface area contributed by atoms with Crippen LogP contribution in [0.4, 0.5) is 0 Å². The molecule has 0 aromatic carbocycles. The van der Waals surface area contributed by atoms with E-state index >= 15 is 0 Å². The molecule has 1 amide bonds. The van der Waals surface area contributed by atoms with Crippen molar-refractivity contribution in [3.63, 3.8) is 0 Å². The Bertz CT molecular complexity index is 887. The Balaban J connectivity index is 1.83. The number of aromatic nitrogens is 3. The van der Waals surface area contributed by atoms with Gasteiger partial charge in [0, 0.05) is 32.2 Å². The molecule has 0 fully saturated rings. The molecule has 1 N–H and O–H groups in total. The van der Waals surface area contributed by atoms with Gasteiger partial charge in [-0.25, -0.2) is 0 Å². The Morgan fingerprint density at radius 2 is 2.15 bits per heavy atom. The molecule has 0 radical (unpaired) electrons. The molecule has 1 unspecified atom stereocenters. The molecule has 0 bridgehead atoms. The zero-order chi connectivity index (χ0) is 18.1. The summed E-state index contributed by atoms with van der Waals surface area (Å²) in [5.74, 6) is 0.430. The molecular formula is C18H18N4O4. The first kappa shape index (κ1) is 16.5. The highest BCUT2D eigenvalue weighted by Gasteiger charge is 2.43. The summed E-state index contributed by atoms with van der Waals surface area (Å²) < 4.78 is 16.1. The van der Waals surface area contributed by atoms with Gasteiger partial charge >= 0.3 is 0 Å². The maximum atomic E-state index is 13.0. The molecule has 0 saturated heterocycles. The molecule has 0 saturated carbocycles. The number of aromatic amines is 1. The molecule has 3 aromatic heterocycles. The van der Waals surface area contributed by atoms with Gasteiger partial charge in [-0.15, -0.1) is 0 Å². The van der Waals surface area contributed by atoms with Crippen molar-refractivity contribution in [2.24, 2.45) is 0 Å². The van der Waals surface area contributed by atoms with E-state index in [1.807, 2.05) is 18.2 Å². The predicted octanol–water partition coefficient (Wildman–Crippen LogP) is 2.23. The third-order valence-electron chi connectivity index (χ3n) is 4.49. The van der Waals surface area contributed by atoms with Crippen molar-refractivity contribution in [2.75, 3.05) is 20.8 Å². The van der Waals surface area contributed by atoms with E-state index < -0.39 is 6.29 Å². The average Bonchev–Trinajstić information content (AvgIpc) is 3.39. The first-order valence-electron chi connectivity index (χ1n) is 8.13. The standard InChI is InChI=1S/C18H18N4O4/c1-24-13(25-2)10-22-17(11-5-3-7-19-9-11)14-15(12-6-4-8-26-12)20-21-16(14)18(22)23/h3-9,13,17H,10H2,1-2H3,(H,20,21). The summed E-state index contributed by atoms with van der Waals surface area (Å²) in [7, 11) is 3.09. The summed E-state index contributed by atoms with van der Waals surface area (Å²) in [5.41, 5.74) is 2.70. The van der Waals surface area contributed by atoms with E-state index in [2.05, 4.69) is 15.2 Å². The summed E-state index contributed by atoms with van der Waals surface area (Å²) in [6, 6.07) is 7.03. The molecule has 4 heterocycles. The van der Waals surface area contributed by atoms with E-state index in [0.29, 0.717) is 17.1 Å². The predicted molar refractivity (Wildman–Crippen MR) is 91.2 cm³/mol. The number of furan rings is 1. The molecule has 1 aliphatic rings. The SMILES string of the molecule is COC(CN1C(=O)c2n[nH]c(-c3ccco3)c2C1c1cccnc1)OC. The normalized spacial score (nSPS) is 16.5. The summed E-state index contributed by atoms with van der Waals surface area (Å²) in [4.78, 5) is 18.9. The fourth-order valence-corrected chi connectivity index (χ4v) is 3.28. The van der Waals surface area contributed by atoms with Crippen LogP contribution >= 0.6 is 0 Å². The lowest BCUT2D eigenvalue weighted by Crippen LogP contribution is -2.38. The molecule has 0 spiro atoms. The van der Waals surface area contributed by atoms with E-state index in [1.165, 1.54) is 0 Å². The molecule has 8 heteroatoms. The third-order valence-corrected chi connectivity index (χ3v) is 4.49. The van der Waals surface area contributed by atoms with Gasteiger partial charge in [-0.05, 0) is 23.8 Å². The number of nitrogens with zero attached hydrogens (tertiary/aromatic N) is 3. The number of pyridine rings is 1. The summed E-state index contributed by atoms with van der Waals surface area (Å²) in [6.45, 7) is 0.263. The number of hydrogen-bond acceptors (Lipinski definition) is 6. The zero-order valence-electron chi connectivity index (χ0n) is 14.4. The van der Waals surface area contributed by atoms with Gasteiger partial charge in [0.15, 0.2) is 17.7 Å². The van der Waals surface area contributed by atoms with Crippen LogP contribution < -0.4 is 0 Å². The second-order valence-corrected chi connectivity index (χ2v) is 5.89. The van der Waals surface area contributed by atoms with E-state index in [4.69, 9.17) is 13.9 Å². The van der Waals surface area contributed by atoms with Crippen LogP contribution in [-0.2, 0) is 9.47 Å². The Kier molecular flexibility index (Phi) is 4.27. The number of carbonyl (C=O) groups is 1. The van der Waals surface area contributed by atoms with Gasteiger partial charge in [0.05, 0.1) is 18.8 Å². The van der Waals surface area contributed by atoms with Gasteiger partial charge in [-0.1, -0.05) is 6.07 Å². The smallest absolute Gasteiger partial charge is 0.275 e. The molecule has 134 valence electrons.